The summed E-state index contributed by atoms with van der Waals surface area (Å²) in [6, 6.07) is 17.1. The van der Waals surface area contributed by atoms with Gasteiger partial charge in [-0.2, -0.15) is 0 Å². The van der Waals surface area contributed by atoms with Crippen LogP contribution >= 0.6 is 0 Å². The second-order valence-electron chi connectivity index (χ2n) is 5.78. The topological polar surface area (TPSA) is 35.1 Å². The predicted octanol–water partition coefficient (Wildman–Crippen LogP) is 3.53. The number of rotatable bonds is 9. The molecule has 0 aliphatic carbocycles. The molecule has 2 aromatic rings. The molecule has 3 heteroatoms. The van der Waals surface area contributed by atoms with Crippen molar-refractivity contribution in [2.24, 2.45) is 0 Å². The number of methoxy groups -OCH3 is 1. The van der Waals surface area contributed by atoms with E-state index in [-0.39, 0.29) is 0 Å². The molecule has 3 nitrogen and oxygen atoms in total. The summed E-state index contributed by atoms with van der Waals surface area (Å²) in [6.45, 7) is 6.01. The van der Waals surface area contributed by atoms with Gasteiger partial charge in [0.2, 0.25) is 0 Å². The monoisotopic (exact) mass is 314 g/mol. The Kier molecular flexibility index (Phi) is 6.95. The van der Waals surface area contributed by atoms with E-state index in [4.69, 9.17) is 9.47 Å². The van der Waals surface area contributed by atoms with E-state index >= 15 is 0 Å². The lowest BCUT2D eigenvalue weighted by Gasteiger charge is -2.14. The van der Waals surface area contributed by atoms with Crippen molar-refractivity contribution in [3.63, 3.8) is 0 Å². The summed E-state index contributed by atoms with van der Waals surface area (Å²) in [6.07, 6.45) is 2.40. The summed E-state index contributed by atoms with van der Waals surface area (Å²) in [7, 11) is 1.68. The Bertz CT molecular complexity index is 579. The van der Waals surface area contributed by atoms with E-state index in [0.717, 1.165) is 23.6 Å². The summed E-state index contributed by atoms with van der Waals surface area (Å²) < 4.78 is 11.4. The molecule has 2 N–H and O–H groups in total. The van der Waals surface area contributed by atoms with Gasteiger partial charge in [0.05, 0.1) is 13.2 Å². The Hall–Kier alpha value is -2.00. The smallest absolute Gasteiger partial charge is 0.162 e. The molecular formula is C20H28NO2+. The Morgan fingerprint density at radius 2 is 1.65 bits per heavy atom. The van der Waals surface area contributed by atoms with Gasteiger partial charge in [0.25, 0.3) is 0 Å². The molecule has 0 aliphatic rings. The van der Waals surface area contributed by atoms with Crippen molar-refractivity contribution in [2.75, 3.05) is 7.11 Å². The summed E-state index contributed by atoms with van der Waals surface area (Å²) in [5.41, 5.74) is 2.42. The molecule has 0 radical (unpaired) electrons. The fourth-order valence-electron chi connectivity index (χ4n) is 2.62. The molecule has 0 heterocycles. The van der Waals surface area contributed by atoms with E-state index in [1.165, 1.54) is 18.4 Å². The lowest BCUT2D eigenvalue weighted by Crippen LogP contribution is -2.88. The van der Waals surface area contributed by atoms with Crippen molar-refractivity contribution < 1.29 is 14.8 Å². The third-order valence-electron chi connectivity index (χ3n) is 4.20. The number of hydrogen-bond acceptors (Lipinski definition) is 2. The number of quaternary nitrogens is 1. The minimum Gasteiger partial charge on any atom is -0.493 e. The first-order valence-corrected chi connectivity index (χ1v) is 8.43. The van der Waals surface area contributed by atoms with Gasteiger partial charge < -0.3 is 14.8 Å². The third kappa shape index (κ3) is 5.29. The Morgan fingerprint density at radius 1 is 0.913 bits per heavy atom. The highest BCUT2D eigenvalue weighted by molar-refractivity contribution is 5.42. The highest BCUT2D eigenvalue weighted by Gasteiger charge is 2.10. The van der Waals surface area contributed by atoms with Crippen LogP contribution in [0.2, 0.25) is 0 Å². The number of hydrogen-bond donors (Lipinski definition) is 1. The fraction of sp³-hybridized carbons (Fsp3) is 0.400. The Labute approximate surface area is 139 Å². The van der Waals surface area contributed by atoms with Gasteiger partial charge in [0.15, 0.2) is 11.5 Å². The SMILES string of the molecule is CCC(CC)[NH2+]Cc1ccc(OC)c(OCc2ccccc2)c1. The molecule has 0 unspecified atom stereocenters. The number of nitrogens with two attached hydrogens (primary N) is 1. The van der Waals surface area contributed by atoms with Crippen molar-refractivity contribution in [1.29, 1.82) is 0 Å². The van der Waals surface area contributed by atoms with Crippen molar-refractivity contribution >= 4 is 0 Å². The Morgan fingerprint density at radius 3 is 2.30 bits per heavy atom. The molecule has 0 fully saturated rings. The van der Waals surface area contributed by atoms with Crippen LogP contribution in [0.25, 0.3) is 0 Å². The zero-order chi connectivity index (χ0) is 16.5. The van der Waals surface area contributed by atoms with Crippen LogP contribution in [0.3, 0.4) is 0 Å². The van der Waals surface area contributed by atoms with Crippen molar-refractivity contribution in [3.8, 4) is 11.5 Å². The fourth-order valence-corrected chi connectivity index (χ4v) is 2.62. The standard InChI is InChI=1S/C20H27NO2/c1-4-18(5-2)21-14-17-11-12-19(22-3)20(13-17)23-15-16-9-7-6-8-10-16/h6-13,18,21H,4-5,14-15H2,1-3H3/p+1. The van der Waals surface area contributed by atoms with Gasteiger partial charge in [0.1, 0.15) is 13.2 Å². The lowest BCUT2D eigenvalue weighted by atomic mass is 10.1. The van der Waals surface area contributed by atoms with Gasteiger partial charge in [-0.1, -0.05) is 44.2 Å². The summed E-state index contributed by atoms with van der Waals surface area (Å²) >= 11 is 0. The van der Waals surface area contributed by atoms with E-state index in [1.54, 1.807) is 7.11 Å². The summed E-state index contributed by atoms with van der Waals surface area (Å²) in [4.78, 5) is 0. The minimum absolute atomic E-state index is 0.552. The van der Waals surface area contributed by atoms with Crippen LogP contribution in [-0.2, 0) is 13.2 Å². The third-order valence-corrected chi connectivity index (χ3v) is 4.20. The molecule has 0 bridgehead atoms. The van der Waals surface area contributed by atoms with Crippen LogP contribution in [0.1, 0.15) is 37.8 Å². The molecule has 0 aromatic heterocycles. The van der Waals surface area contributed by atoms with Gasteiger partial charge in [-0.3, -0.25) is 0 Å². The maximum atomic E-state index is 5.98. The average Bonchev–Trinajstić information content (AvgIpc) is 2.62. The highest BCUT2D eigenvalue weighted by Crippen LogP contribution is 2.28. The molecule has 124 valence electrons. The van der Waals surface area contributed by atoms with Gasteiger partial charge in [-0.15, -0.1) is 0 Å². The van der Waals surface area contributed by atoms with E-state index in [0.29, 0.717) is 12.6 Å². The molecule has 23 heavy (non-hydrogen) atoms. The predicted molar refractivity (Wildman–Crippen MR) is 93.8 cm³/mol. The van der Waals surface area contributed by atoms with Crippen LogP contribution in [0.15, 0.2) is 48.5 Å². The first kappa shape index (κ1) is 17.4. The zero-order valence-electron chi connectivity index (χ0n) is 14.4. The maximum absolute atomic E-state index is 5.98. The first-order chi connectivity index (χ1) is 11.3. The van der Waals surface area contributed by atoms with Crippen LogP contribution in [-0.4, -0.2) is 13.2 Å². The molecule has 2 aromatic carbocycles. The molecule has 0 amide bonds. The van der Waals surface area contributed by atoms with E-state index in [9.17, 15) is 0 Å². The summed E-state index contributed by atoms with van der Waals surface area (Å²) in [5, 5.41) is 2.41. The van der Waals surface area contributed by atoms with Crippen LogP contribution in [0, 0.1) is 0 Å². The second-order valence-corrected chi connectivity index (χ2v) is 5.78. The van der Waals surface area contributed by atoms with E-state index in [1.807, 2.05) is 24.3 Å². The Balaban J connectivity index is 2.03. The van der Waals surface area contributed by atoms with Crippen LogP contribution < -0.4 is 14.8 Å². The van der Waals surface area contributed by atoms with Gasteiger partial charge in [-0.25, -0.2) is 0 Å². The largest absolute Gasteiger partial charge is 0.493 e. The molecule has 2 rings (SSSR count). The van der Waals surface area contributed by atoms with Gasteiger partial charge in [-0.05, 0) is 36.6 Å². The van der Waals surface area contributed by atoms with Gasteiger partial charge >= 0.3 is 0 Å². The molecular weight excluding hydrogens is 286 g/mol. The van der Waals surface area contributed by atoms with Crippen molar-refractivity contribution in [1.82, 2.24) is 0 Å². The zero-order valence-corrected chi connectivity index (χ0v) is 14.4. The summed E-state index contributed by atoms with van der Waals surface area (Å²) in [5.74, 6) is 1.60. The van der Waals surface area contributed by atoms with Crippen LogP contribution in [0.4, 0.5) is 0 Å². The first-order valence-electron chi connectivity index (χ1n) is 8.43. The minimum atomic E-state index is 0.552. The number of ether oxygens (including phenoxy) is 2. The second kappa shape index (κ2) is 9.21. The molecule has 0 spiro atoms. The molecule has 0 aliphatic heterocycles. The van der Waals surface area contributed by atoms with Crippen LogP contribution in [0.5, 0.6) is 11.5 Å². The van der Waals surface area contributed by atoms with Gasteiger partial charge in [0, 0.05) is 5.56 Å². The quantitative estimate of drug-likeness (QED) is 0.768. The molecule has 0 saturated carbocycles. The average molecular weight is 314 g/mol. The normalized spacial score (nSPS) is 10.8. The highest BCUT2D eigenvalue weighted by atomic mass is 16.5. The lowest BCUT2D eigenvalue weighted by molar-refractivity contribution is -0.704. The van der Waals surface area contributed by atoms with Crippen molar-refractivity contribution in [3.05, 3.63) is 59.7 Å². The maximum Gasteiger partial charge on any atom is 0.162 e. The number of benzene rings is 2. The van der Waals surface area contributed by atoms with E-state index in [2.05, 4.69) is 43.4 Å². The van der Waals surface area contributed by atoms with E-state index < -0.39 is 0 Å². The molecule has 0 atom stereocenters. The van der Waals surface area contributed by atoms with Crippen molar-refractivity contribution in [2.45, 2.75) is 45.9 Å². The molecule has 0 saturated heterocycles.